The van der Waals surface area contributed by atoms with Crippen LogP contribution in [0.5, 0.6) is 0 Å². The van der Waals surface area contributed by atoms with Crippen LogP contribution in [0.1, 0.15) is 18.9 Å². The smallest absolute Gasteiger partial charge is 0.0234 e. The van der Waals surface area contributed by atoms with E-state index in [2.05, 4.69) is 57.3 Å². The van der Waals surface area contributed by atoms with E-state index in [0.717, 1.165) is 24.1 Å². The van der Waals surface area contributed by atoms with E-state index < -0.39 is 0 Å². The molecule has 88 valence electrons. The zero-order valence-corrected chi connectivity index (χ0v) is 11.3. The van der Waals surface area contributed by atoms with Gasteiger partial charge in [-0.05, 0) is 44.1 Å². The molecule has 1 heterocycles. The van der Waals surface area contributed by atoms with E-state index in [9.17, 15) is 0 Å². The van der Waals surface area contributed by atoms with E-state index in [1.807, 2.05) is 0 Å². The maximum absolute atomic E-state index is 3.52. The predicted molar refractivity (Wildman–Crippen MR) is 71.5 cm³/mol. The van der Waals surface area contributed by atoms with Gasteiger partial charge in [0.15, 0.2) is 0 Å². The van der Waals surface area contributed by atoms with Gasteiger partial charge in [-0.2, -0.15) is 0 Å². The average molecular weight is 283 g/mol. The summed E-state index contributed by atoms with van der Waals surface area (Å²) in [5.74, 6) is 0. The molecule has 16 heavy (non-hydrogen) atoms. The third-order valence-corrected chi connectivity index (χ3v) is 3.52. The Morgan fingerprint density at radius 1 is 1.38 bits per heavy atom. The second-order valence-electron chi connectivity index (χ2n) is 4.57. The minimum atomic E-state index is 0.609. The lowest BCUT2D eigenvalue weighted by atomic mass is 10.2. The lowest BCUT2D eigenvalue weighted by Crippen LogP contribution is -2.34. The van der Waals surface area contributed by atoms with Crippen LogP contribution >= 0.6 is 15.9 Å². The van der Waals surface area contributed by atoms with Crippen molar-refractivity contribution in [3.8, 4) is 0 Å². The summed E-state index contributed by atoms with van der Waals surface area (Å²) in [5, 5.41) is 3.52. The second-order valence-corrected chi connectivity index (χ2v) is 5.49. The zero-order valence-electron chi connectivity index (χ0n) is 9.75. The SMILES string of the molecule is CC1CN(Cc2ccc(Br)cc2)CCCN1. The van der Waals surface area contributed by atoms with Crippen molar-refractivity contribution in [2.75, 3.05) is 19.6 Å². The van der Waals surface area contributed by atoms with Crippen LogP contribution in [0, 0.1) is 0 Å². The van der Waals surface area contributed by atoms with Crippen LogP contribution in [0.15, 0.2) is 28.7 Å². The lowest BCUT2D eigenvalue weighted by Gasteiger charge is -2.22. The second kappa shape index (κ2) is 5.80. The van der Waals surface area contributed by atoms with Crippen LogP contribution in [0.25, 0.3) is 0 Å². The fraction of sp³-hybridized carbons (Fsp3) is 0.538. The molecule has 1 aromatic rings. The third-order valence-electron chi connectivity index (χ3n) is 3.00. The fourth-order valence-corrected chi connectivity index (χ4v) is 2.45. The number of nitrogens with one attached hydrogen (secondary N) is 1. The van der Waals surface area contributed by atoms with E-state index in [0.29, 0.717) is 6.04 Å². The molecular weight excluding hydrogens is 264 g/mol. The summed E-state index contributed by atoms with van der Waals surface area (Å²) in [7, 11) is 0. The first-order valence-electron chi connectivity index (χ1n) is 5.94. The number of benzene rings is 1. The summed E-state index contributed by atoms with van der Waals surface area (Å²) in [6.45, 7) is 6.83. The Hall–Kier alpha value is -0.380. The minimum Gasteiger partial charge on any atom is -0.313 e. The van der Waals surface area contributed by atoms with Gasteiger partial charge >= 0.3 is 0 Å². The van der Waals surface area contributed by atoms with E-state index in [1.54, 1.807) is 0 Å². The Bertz CT molecular complexity index is 323. The van der Waals surface area contributed by atoms with E-state index in [1.165, 1.54) is 18.5 Å². The molecule has 1 saturated heterocycles. The van der Waals surface area contributed by atoms with E-state index in [4.69, 9.17) is 0 Å². The quantitative estimate of drug-likeness (QED) is 0.897. The Labute approximate surface area is 106 Å². The molecule has 0 radical (unpaired) electrons. The first-order valence-corrected chi connectivity index (χ1v) is 6.73. The Kier molecular flexibility index (Phi) is 4.38. The number of rotatable bonds is 2. The minimum absolute atomic E-state index is 0.609. The highest BCUT2D eigenvalue weighted by Crippen LogP contribution is 2.13. The molecule has 0 amide bonds. The average Bonchev–Trinajstić information content (AvgIpc) is 2.46. The van der Waals surface area contributed by atoms with Crippen molar-refractivity contribution in [1.29, 1.82) is 0 Å². The summed E-state index contributed by atoms with van der Waals surface area (Å²) in [6.07, 6.45) is 1.25. The first kappa shape index (κ1) is 12.1. The molecule has 1 atom stereocenters. The molecule has 1 unspecified atom stereocenters. The molecule has 0 saturated carbocycles. The highest BCUT2D eigenvalue weighted by Gasteiger charge is 2.13. The number of hydrogen-bond donors (Lipinski definition) is 1. The van der Waals surface area contributed by atoms with Crippen molar-refractivity contribution in [1.82, 2.24) is 10.2 Å². The molecule has 0 aliphatic carbocycles. The highest BCUT2D eigenvalue weighted by atomic mass is 79.9. The number of hydrogen-bond acceptors (Lipinski definition) is 2. The Morgan fingerprint density at radius 3 is 2.88 bits per heavy atom. The summed E-state index contributed by atoms with van der Waals surface area (Å²) in [4.78, 5) is 2.54. The highest BCUT2D eigenvalue weighted by molar-refractivity contribution is 9.10. The third kappa shape index (κ3) is 3.58. The lowest BCUT2D eigenvalue weighted by molar-refractivity contribution is 0.265. The topological polar surface area (TPSA) is 15.3 Å². The van der Waals surface area contributed by atoms with Crippen LogP contribution in [-0.2, 0) is 6.54 Å². The predicted octanol–water partition coefficient (Wildman–Crippen LogP) is 2.63. The van der Waals surface area contributed by atoms with Gasteiger partial charge in [-0.25, -0.2) is 0 Å². The zero-order chi connectivity index (χ0) is 11.4. The van der Waals surface area contributed by atoms with Gasteiger partial charge < -0.3 is 5.32 Å². The fourth-order valence-electron chi connectivity index (χ4n) is 2.19. The molecule has 2 nitrogen and oxygen atoms in total. The van der Waals surface area contributed by atoms with Gasteiger partial charge in [0.05, 0.1) is 0 Å². The van der Waals surface area contributed by atoms with Gasteiger partial charge in [-0.1, -0.05) is 28.1 Å². The van der Waals surface area contributed by atoms with Gasteiger partial charge in [0.2, 0.25) is 0 Å². The van der Waals surface area contributed by atoms with Gasteiger partial charge in [-0.15, -0.1) is 0 Å². The van der Waals surface area contributed by atoms with Crippen LogP contribution < -0.4 is 5.32 Å². The van der Waals surface area contributed by atoms with Crippen LogP contribution in [-0.4, -0.2) is 30.6 Å². The van der Waals surface area contributed by atoms with Gasteiger partial charge in [-0.3, -0.25) is 4.90 Å². The number of nitrogens with zero attached hydrogens (tertiary/aromatic N) is 1. The van der Waals surface area contributed by atoms with Crippen molar-refractivity contribution in [2.24, 2.45) is 0 Å². The maximum atomic E-state index is 3.52. The normalized spacial score (nSPS) is 23.0. The summed E-state index contributed by atoms with van der Waals surface area (Å²) < 4.78 is 1.15. The van der Waals surface area contributed by atoms with Gasteiger partial charge in [0.25, 0.3) is 0 Å². The van der Waals surface area contributed by atoms with Crippen molar-refractivity contribution in [3.63, 3.8) is 0 Å². The molecular formula is C13H19BrN2. The van der Waals surface area contributed by atoms with Gasteiger partial charge in [0.1, 0.15) is 0 Å². The van der Waals surface area contributed by atoms with E-state index >= 15 is 0 Å². The van der Waals surface area contributed by atoms with Crippen LogP contribution in [0.4, 0.5) is 0 Å². The largest absolute Gasteiger partial charge is 0.313 e. The van der Waals surface area contributed by atoms with Crippen LogP contribution in [0.3, 0.4) is 0 Å². The molecule has 1 aliphatic heterocycles. The maximum Gasteiger partial charge on any atom is 0.0234 e. The summed E-state index contributed by atoms with van der Waals surface area (Å²) in [5.41, 5.74) is 1.40. The van der Waals surface area contributed by atoms with E-state index in [-0.39, 0.29) is 0 Å². The first-order chi connectivity index (χ1) is 7.74. The summed E-state index contributed by atoms with van der Waals surface area (Å²) >= 11 is 3.47. The van der Waals surface area contributed by atoms with Crippen LogP contribution in [0.2, 0.25) is 0 Å². The molecule has 1 aliphatic rings. The molecule has 2 rings (SSSR count). The molecule has 3 heteroatoms. The van der Waals surface area contributed by atoms with Crippen molar-refractivity contribution >= 4 is 15.9 Å². The molecule has 1 aromatic carbocycles. The summed E-state index contributed by atoms with van der Waals surface area (Å²) in [6, 6.07) is 9.25. The van der Waals surface area contributed by atoms with Gasteiger partial charge in [0, 0.05) is 23.6 Å². The van der Waals surface area contributed by atoms with Crippen molar-refractivity contribution in [3.05, 3.63) is 34.3 Å². The molecule has 0 spiro atoms. The van der Waals surface area contributed by atoms with Crippen molar-refractivity contribution in [2.45, 2.75) is 25.9 Å². The molecule has 1 fully saturated rings. The number of halogens is 1. The molecule has 0 aromatic heterocycles. The monoisotopic (exact) mass is 282 g/mol. The Morgan fingerprint density at radius 2 is 2.12 bits per heavy atom. The van der Waals surface area contributed by atoms with Crippen molar-refractivity contribution < 1.29 is 0 Å². The molecule has 1 N–H and O–H groups in total. The standard InChI is InChI=1S/C13H19BrN2/c1-11-9-16(8-2-7-15-11)10-12-3-5-13(14)6-4-12/h3-6,11,15H,2,7-10H2,1H3. The Balaban J connectivity index is 1.95. The molecule has 0 bridgehead atoms.